The fourth-order valence-electron chi connectivity index (χ4n) is 2.67. The molecule has 0 unspecified atom stereocenters. The van der Waals surface area contributed by atoms with Gasteiger partial charge in [0.15, 0.2) is 5.65 Å². The first-order valence-electron chi connectivity index (χ1n) is 8.37. The number of hydrogen-bond acceptors (Lipinski definition) is 6. The fourth-order valence-corrected chi connectivity index (χ4v) is 2.78. The standard InChI is InChI=1S/C21H16ClFN4O2/c1-12(22)9-15(13(2)23)19-10-18(14-5-4-7-25-20(14)27-19)26-17-6-8-24-11-16(17)21(28)29-3/h4-11H,1-2H2,3H3,(H,24,25,26,27)/b15-9+. The second kappa shape index (κ2) is 8.62. The van der Waals surface area contributed by atoms with Crippen molar-refractivity contribution in [3.05, 3.63) is 84.2 Å². The average molecular weight is 411 g/mol. The molecule has 0 saturated heterocycles. The number of fused-ring (bicyclic) bond motifs is 1. The van der Waals surface area contributed by atoms with Gasteiger partial charge in [-0.3, -0.25) is 4.98 Å². The molecule has 0 radical (unpaired) electrons. The molecule has 0 saturated carbocycles. The van der Waals surface area contributed by atoms with Crippen molar-refractivity contribution in [1.29, 1.82) is 0 Å². The average Bonchev–Trinajstić information content (AvgIpc) is 2.71. The molecule has 6 nitrogen and oxygen atoms in total. The molecule has 0 fully saturated rings. The van der Waals surface area contributed by atoms with Crippen molar-refractivity contribution in [2.24, 2.45) is 0 Å². The van der Waals surface area contributed by atoms with Gasteiger partial charge in [0.2, 0.25) is 0 Å². The van der Waals surface area contributed by atoms with Gasteiger partial charge < -0.3 is 10.1 Å². The van der Waals surface area contributed by atoms with E-state index in [9.17, 15) is 9.18 Å². The van der Waals surface area contributed by atoms with E-state index in [-0.39, 0.29) is 21.9 Å². The topological polar surface area (TPSA) is 77.0 Å². The van der Waals surface area contributed by atoms with Crippen LogP contribution in [-0.4, -0.2) is 28.0 Å². The third kappa shape index (κ3) is 4.47. The van der Waals surface area contributed by atoms with Crippen molar-refractivity contribution < 1.29 is 13.9 Å². The Morgan fingerprint density at radius 1 is 1.28 bits per heavy atom. The Hall–Kier alpha value is -3.58. The molecule has 0 bridgehead atoms. The molecule has 3 heterocycles. The number of anilines is 2. The van der Waals surface area contributed by atoms with Crippen LogP contribution in [0, 0.1) is 0 Å². The molecule has 0 aliphatic carbocycles. The highest BCUT2D eigenvalue weighted by Crippen LogP contribution is 2.32. The van der Waals surface area contributed by atoms with Crippen molar-refractivity contribution in [3.63, 3.8) is 0 Å². The normalized spacial score (nSPS) is 11.2. The highest BCUT2D eigenvalue weighted by atomic mass is 35.5. The minimum atomic E-state index is -0.723. The van der Waals surface area contributed by atoms with Gasteiger partial charge >= 0.3 is 5.97 Å². The van der Waals surface area contributed by atoms with Gasteiger partial charge in [0, 0.05) is 34.6 Å². The molecular weight excluding hydrogens is 395 g/mol. The molecule has 29 heavy (non-hydrogen) atoms. The van der Waals surface area contributed by atoms with Crippen LogP contribution in [0.4, 0.5) is 15.8 Å². The molecule has 146 valence electrons. The van der Waals surface area contributed by atoms with Crippen LogP contribution in [0.15, 0.2) is 72.9 Å². The maximum Gasteiger partial charge on any atom is 0.341 e. The molecular formula is C21H16ClFN4O2. The van der Waals surface area contributed by atoms with E-state index in [1.807, 2.05) is 0 Å². The van der Waals surface area contributed by atoms with Gasteiger partial charge in [-0.1, -0.05) is 24.8 Å². The van der Waals surface area contributed by atoms with Gasteiger partial charge in [0.1, 0.15) is 11.4 Å². The smallest absolute Gasteiger partial charge is 0.341 e. The number of ether oxygens (including phenoxy) is 1. The van der Waals surface area contributed by atoms with Gasteiger partial charge in [0.05, 0.1) is 24.2 Å². The molecule has 3 rings (SSSR count). The quantitative estimate of drug-likeness (QED) is 0.446. The molecule has 0 spiro atoms. The molecule has 1 N–H and O–H groups in total. The lowest BCUT2D eigenvalue weighted by Gasteiger charge is -2.14. The molecule has 0 aliphatic rings. The van der Waals surface area contributed by atoms with Crippen molar-refractivity contribution in [3.8, 4) is 0 Å². The maximum atomic E-state index is 14.1. The Balaban J connectivity index is 2.20. The van der Waals surface area contributed by atoms with E-state index < -0.39 is 11.8 Å². The minimum Gasteiger partial charge on any atom is -0.465 e. The third-order valence-corrected chi connectivity index (χ3v) is 4.06. The predicted octanol–water partition coefficient (Wildman–Crippen LogP) is 5.17. The van der Waals surface area contributed by atoms with Crippen LogP contribution in [0.2, 0.25) is 0 Å². The lowest BCUT2D eigenvalue weighted by atomic mass is 10.1. The molecule has 0 amide bonds. The van der Waals surface area contributed by atoms with Crippen LogP contribution >= 0.6 is 11.6 Å². The summed E-state index contributed by atoms with van der Waals surface area (Å²) in [6.45, 7) is 6.90. The number of hydrogen-bond donors (Lipinski definition) is 1. The first-order valence-corrected chi connectivity index (χ1v) is 8.75. The number of halogens is 2. The zero-order chi connectivity index (χ0) is 21.0. The van der Waals surface area contributed by atoms with Crippen LogP contribution in [0.5, 0.6) is 0 Å². The largest absolute Gasteiger partial charge is 0.465 e. The van der Waals surface area contributed by atoms with Crippen molar-refractivity contribution in [2.75, 3.05) is 12.4 Å². The molecule has 0 atom stereocenters. The summed E-state index contributed by atoms with van der Waals surface area (Å²) in [5.41, 5.74) is 1.94. The first kappa shape index (κ1) is 20.2. The van der Waals surface area contributed by atoms with E-state index in [2.05, 4.69) is 33.4 Å². The fraction of sp³-hybridized carbons (Fsp3) is 0.0476. The lowest BCUT2D eigenvalue weighted by molar-refractivity contribution is 0.0601. The number of methoxy groups -OCH3 is 1. The zero-order valence-corrected chi connectivity index (χ0v) is 16.2. The summed E-state index contributed by atoms with van der Waals surface area (Å²) in [6, 6.07) is 6.78. The second-order valence-electron chi connectivity index (χ2n) is 5.88. The Labute approximate surface area is 171 Å². The number of allylic oxidation sites excluding steroid dienone is 4. The number of aromatic nitrogens is 3. The van der Waals surface area contributed by atoms with E-state index in [1.165, 1.54) is 25.6 Å². The molecule has 3 aromatic heterocycles. The number of esters is 1. The number of carbonyl (C=O) groups is 1. The number of carbonyl (C=O) groups excluding carboxylic acids is 1. The Bertz CT molecular complexity index is 1160. The van der Waals surface area contributed by atoms with E-state index in [0.717, 1.165) is 0 Å². The first-order chi connectivity index (χ1) is 13.9. The van der Waals surface area contributed by atoms with Gasteiger partial charge in [-0.15, -0.1) is 0 Å². The molecule has 8 heteroatoms. The van der Waals surface area contributed by atoms with Crippen LogP contribution < -0.4 is 5.32 Å². The van der Waals surface area contributed by atoms with Crippen molar-refractivity contribution in [1.82, 2.24) is 15.0 Å². The number of rotatable bonds is 6. The number of nitrogens with one attached hydrogen (secondary N) is 1. The van der Waals surface area contributed by atoms with Crippen LogP contribution in [0.25, 0.3) is 16.6 Å². The summed E-state index contributed by atoms with van der Waals surface area (Å²) >= 11 is 5.83. The third-order valence-electron chi connectivity index (χ3n) is 3.95. The summed E-state index contributed by atoms with van der Waals surface area (Å²) in [7, 11) is 1.28. The van der Waals surface area contributed by atoms with Crippen LogP contribution in [-0.2, 0) is 4.74 Å². The van der Waals surface area contributed by atoms with Crippen molar-refractivity contribution >= 4 is 45.6 Å². The molecule has 0 aliphatic heterocycles. The van der Waals surface area contributed by atoms with Crippen LogP contribution in [0.1, 0.15) is 16.1 Å². The van der Waals surface area contributed by atoms with Gasteiger partial charge in [-0.2, -0.15) is 0 Å². The van der Waals surface area contributed by atoms with E-state index in [0.29, 0.717) is 22.4 Å². The summed E-state index contributed by atoms with van der Waals surface area (Å²) in [5, 5.41) is 3.95. The van der Waals surface area contributed by atoms with Crippen molar-refractivity contribution in [2.45, 2.75) is 0 Å². The Morgan fingerprint density at radius 3 is 2.76 bits per heavy atom. The van der Waals surface area contributed by atoms with Gasteiger partial charge in [-0.05, 0) is 30.3 Å². The molecule has 3 aromatic rings. The van der Waals surface area contributed by atoms with E-state index in [4.69, 9.17) is 16.3 Å². The predicted molar refractivity (Wildman–Crippen MR) is 112 cm³/mol. The SMILES string of the molecule is C=C(Cl)/C=C(\C(=C)F)c1cc(Nc2ccncc2C(=O)OC)c2cccnc2n1. The Kier molecular flexibility index (Phi) is 5.99. The van der Waals surface area contributed by atoms with E-state index in [1.54, 1.807) is 30.5 Å². The minimum absolute atomic E-state index is 0.0727. The van der Waals surface area contributed by atoms with Crippen LogP contribution in [0.3, 0.4) is 0 Å². The Morgan fingerprint density at radius 2 is 2.07 bits per heavy atom. The monoisotopic (exact) mass is 410 g/mol. The zero-order valence-electron chi connectivity index (χ0n) is 15.4. The summed E-state index contributed by atoms with van der Waals surface area (Å²) in [6.07, 6.45) is 5.83. The van der Waals surface area contributed by atoms with Gasteiger partial charge in [0.25, 0.3) is 0 Å². The second-order valence-corrected chi connectivity index (χ2v) is 6.36. The number of nitrogens with zero attached hydrogens (tertiary/aromatic N) is 3. The van der Waals surface area contributed by atoms with E-state index >= 15 is 0 Å². The highest BCUT2D eigenvalue weighted by molar-refractivity contribution is 6.31. The van der Waals surface area contributed by atoms with Gasteiger partial charge in [-0.25, -0.2) is 19.2 Å². The lowest BCUT2D eigenvalue weighted by Crippen LogP contribution is -2.07. The molecule has 0 aromatic carbocycles. The summed E-state index contributed by atoms with van der Waals surface area (Å²) in [4.78, 5) is 24.7. The maximum absolute atomic E-state index is 14.1. The number of pyridine rings is 3. The highest BCUT2D eigenvalue weighted by Gasteiger charge is 2.16. The summed E-state index contributed by atoms with van der Waals surface area (Å²) in [5.74, 6) is -1.27. The summed E-state index contributed by atoms with van der Waals surface area (Å²) < 4.78 is 18.9.